The van der Waals surface area contributed by atoms with Gasteiger partial charge in [-0.2, -0.15) is 0 Å². The Balaban J connectivity index is 1.65. The van der Waals surface area contributed by atoms with Crippen molar-refractivity contribution in [3.05, 3.63) is 83.9 Å². The molecule has 1 saturated carbocycles. The first kappa shape index (κ1) is 13.2. The molecule has 0 aliphatic heterocycles. The van der Waals surface area contributed by atoms with E-state index < -0.39 is 0 Å². The van der Waals surface area contributed by atoms with Crippen LogP contribution in [0.4, 0.5) is 0 Å². The van der Waals surface area contributed by atoms with Crippen molar-refractivity contribution < 1.29 is 0 Å². The Morgan fingerprint density at radius 3 is 2.45 bits per heavy atom. The maximum Gasteiger partial charge on any atom is 0.0323 e. The maximum absolute atomic E-state index is 3.50. The van der Waals surface area contributed by atoms with Crippen molar-refractivity contribution in [3.8, 4) is 11.8 Å². The van der Waals surface area contributed by atoms with E-state index in [0.717, 1.165) is 12.0 Å². The lowest BCUT2D eigenvalue weighted by Crippen LogP contribution is -2.02. The summed E-state index contributed by atoms with van der Waals surface area (Å²) in [6.45, 7) is 2.32. The first-order valence-corrected chi connectivity index (χ1v) is 7.82. The highest BCUT2D eigenvalue weighted by atomic mass is 14.5. The second kappa shape index (κ2) is 5.04. The molecule has 0 bridgehead atoms. The topological polar surface area (TPSA) is 0 Å². The second-order valence-electron chi connectivity index (χ2n) is 6.34. The van der Waals surface area contributed by atoms with Crippen LogP contribution in [0.15, 0.2) is 72.8 Å². The van der Waals surface area contributed by atoms with E-state index in [4.69, 9.17) is 0 Å². The summed E-state index contributed by atoms with van der Waals surface area (Å²) in [5.41, 5.74) is 2.78. The predicted octanol–water partition coefficient (Wildman–Crippen LogP) is 5.17. The average Bonchev–Trinajstić information content (AvgIpc) is 3.25. The zero-order valence-electron chi connectivity index (χ0n) is 12.7. The lowest BCUT2D eigenvalue weighted by atomic mass is 9.95. The number of hydrogen-bond donors (Lipinski definition) is 0. The molecule has 3 aromatic carbocycles. The molecule has 0 saturated heterocycles. The Bertz CT molecular complexity index is 875. The molecule has 106 valence electrons. The summed E-state index contributed by atoms with van der Waals surface area (Å²) in [6.07, 6.45) is 1.16. The fourth-order valence-corrected chi connectivity index (χ4v) is 3.21. The van der Waals surface area contributed by atoms with Gasteiger partial charge in [0, 0.05) is 16.9 Å². The minimum atomic E-state index is 0.235. The minimum absolute atomic E-state index is 0.235. The standard InChI is InChI=1S/C22H18/c1-22(19-11-3-2-4-12-19)16-20(22)15-14-18-10-7-9-17-8-5-6-13-21(17)18/h2-13,20H,16H2,1H3/t20-,22+/m1/s1. The Kier molecular flexibility index (Phi) is 3.01. The van der Waals surface area contributed by atoms with Crippen molar-refractivity contribution in [1.82, 2.24) is 0 Å². The summed E-state index contributed by atoms with van der Waals surface area (Å²) in [6, 6.07) is 25.6. The highest BCUT2D eigenvalue weighted by Gasteiger charge is 2.50. The molecule has 0 spiro atoms. The summed E-state index contributed by atoms with van der Waals surface area (Å²) in [7, 11) is 0. The van der Waals surface area contributed by atoms with Crippen LogP contribution < -0.4 is 0 Å². The van der Waals surface area contributed by atoms with Crippen molar-refractivity contribution in [2.75, 3.05) is 0 Å². The molecule has 2 atom stereocenters. The van der Waals surface area contributed by atoms with Gasteiger partial charge in [0.15, 0.2) is 0 Å². The fourth-order valence-electron chi connectivity index (χ4n) is 3.21. The SMILES string of the molecule is C[C@@]1(c2ccccc2)C[C@H]1C#Cc1cccc2ccccc12. The molecule has 0 unspecified atom stereocenters. The number of benzene rings is 3. The van der Waals surface area contributed by atoms with E-state index in [1.807, 2.05) is 0 Å². The lowest BCUT2D eigenvalue weighted by molar-refractivity contribution is 0.746. The van der Waals surface area contributed by atoms with Gasteiger partial charge >= 0.3 is 0 Å². The largest absolute Gasteiger partial charge is 0.0935 e. The summed E-state index contributed by atoms with van der Waals surface area (Å²) < 4.78 is 0. The Morgan fingerprint density at radius 1 is 0.864 bits per heavy atom. The van der Waals surface area contributed by atoms with Crippen molar-refractivity contribution in [3.63, 3.8) is 0 Å². The molecule has 22 heavy (non-hydrogen) atoms. The molecular weight excluding hydrogens is 264 g/mol. The van der Waals surface area contributed by atoms with Gasteiger partial charge in [-0.15, -0.1) is 0 Å². The lowest BCUT2D eigenvalue weighted by Gasteiger charge is -2.08. The van der Waals surface area contributed by atoms with Gasteiger partial charge in [-0.1, -0.05) is 85.5 Å². The van der Waals surface area contributed by atoms with Crippen molar-refractivity contribution in [1.29, 1.82) is 0 Å². The van der Waals surface area contributed by atoms with Crippen LogP contribution in [-0.4, -0.2) is 0 Å². The maximum atomic E-state index is 3.50. The molecule has 0 heterocycles. The van der Waals surface area contributed by atoms with Gasteiger partial charge in [-0.3, -0.25) is 0 Å². The number of hydrogen-bond acceptors (Lipinski definition) is 0. The summed E-state index contributed by atoms with van der Waals surface area (Å²) in [4.78, 5) is 0. The van der Waals surface area contributed by atoms with Gasteiger partial charge in [0.05, 0.1) is 0 Å². The molecule has 0 heteroatoms. The molecule has 3 aromatic rings. The van der Waals surface area contributed by atoms with E-state index in [1.165, 1.54) is 16.3 Å². The van der Waals surface area contributed by atoms with Crippen LogP contribution in [0.1, 0.15) is 24.5 Å². The molecule has 0 amide bonds. The second-order valence-corrected chi connectivity index (χ2v) is 6.34. The van der Waals surface area contributed by atoms with E-state index in [0.29, 0.717) is 5.92 Å². The van der Waals surface area contributed by atoms with Crippen LogP contribution in [0.25, 0.3) is 10.8 Å². The monoisotopic (exact) mass is 282 g/mol. The molecular formula is C22H18. The van der Waals surface area contributed by atoms with Crippen LogP contribution >= 0.6 is 0 Å². The van der Waals surface area contributed by atoms with Gasteiger partial charge in [0.2, 0.25) is 0 Å². The third-order valence-electron chi connectivity index (χ3n) is 4.84. The van der Waals surface area contributed by atoms with Gasteiger partial charge in [0.1, 0.15) is 0 Å². The van der Waals surface area contributed by atoms with Gasteiger partial charge < -0.3 is 0 Å². The smallest absolute Gasteiger partial charge is 0.0323 e. The number of rotatable bonds is 1. The van der Waals surface area contributed by atoms with Gasteiger partial charge in [-0.25, -0.2) is 0 Å². The molecule has 1 aliphatic carbocycles. The normalized spacial score (nSPS) is 22.9. The van der Waals surface area contributed by atoms with E-state index >= 15 is 0 Å². The zero-order chi connectivity index (χ0) is 15.0. The predicted molar refractivity (Wildman–Crippen MR) is 92.7 cm³/mol. The molecule has 0 nitrogen and oxygen atoms in total. The van der Waals surface area contributed by atoms with E-state index in [-0.39, 0.29) is 5.41 Å². The molecule has 4 rings (SSSR count). The summed E-state index contributed by atoms with van der Waals surface area (Å²) in [5.74, 6) is 7.40. The van der Waals surface area contributed by atoms with Crippen molar-refractivity contribution in [2.45, 2.75) is 18.8 Å². The van der Waals surface area contributed by atoms with E-state index in [2.05, 4.69) is 91.6 Å². The molecule has 0 N–H and O–H groups in total. The molecule has 0 radical (unpaired) electrons. The Morgan fingerprint density at radius 2 is 1.59 bits per heavy atom. The quantitative estimate of drug-likeness (QED) is 0.540. The molecule has 1 aliphatic rings. The third kappa shape index (κ3) is 2.20. The first-order valence-electron chi connectivity index (χ1n) is 7.82. The summed E-state index contributed by atoms with van der Waals surface area (Å²) >= 11 is 0. The molecule has 0 aromatic heterocycles. The van der Waals surface area contributed by atoms with E-state index in [1.54, 1.807) is 0 Å². The van der Waals surface area contributed by atoms with Gasteiger partial charge in [0.25, 0.3) is 0 Å². The number of fused-ring (bicyclic) bond motifs is 1. The van der Waals surface area contributed by atoms with E-state index in [9.17, 15) is 0 Å². The minimum Gasteiger partial charge on any atom is -0.0935 e. The fraction of sp³-hybridized carbons (Fsp3) is 0.182. The van der Waals surface area contributed by atoms with Crippen LogP contribution in [0.5, 0.6) is 0 Å². The molecule has 1 fully saturated rings. The summed E-state index contributed by atoms with van der Waals surface area (Å²) in [5, 5.41) is 2.51. The van der Waals surface area contributed by atoms with Crippen molar-refractivity contribution >= 4 is 10.8 Å². The van der Waals surface area contributed by atoms with Crippen LogP contribution in [0.3, 0.4) is 0 Å². The Labute approximate surface area is 131 Å². The van der Waals surface area contributed by atoms with Crippen LogP contribution in [-0.2, 0) is 5.41 Å². The highest BCUT2D eigenvalue weighted by molar-refractivity contribution is 5.88. The Hall–Kier alpha value is -2.52. The van der Waals surface area contributed by atoms with Gasteiger partial charge in [-0.05, 0) is 28.8 Å². The van der Waals surface area contributed by atoms with Crippen molar-refractivity contribution in [2.24, 2.45) is 5.92 Å². The first-order chi connectivity index (χ1) is 10.8. The average molecular weight is 282 g/mol. The third-order valence-corrected chi connectivity index (χ3v) is 4.84. The highest BCUT2D eigenvalue weighted by Crippen LogP contribution is 2.53. The van der Waals surface area contributed by atoms with Crippen LogP contribution in [0.2, 0.25) is 0 Å². The zero-order valence-corrected chi connectivity index (χ0v) is 12.7. The van der Waals surface area contributed by atoms with Crippen LogP contribution in [0, 0.1) is 17.8 Å².